The van der Waals surface area contributed by atoms with Crippen molar-refractivity contribution in [3.63, 3.8) is 0 Å². The second kappa shape index (κ2) is 6.43. The fourth-order valence-corrected chi connectivity index (χ4v) is 2.42. The van der Waals surface area contributed by atoms with E-state index < -0.39 is 22.0 Å². The minimum Gasteiger partial charge on any atom is -0.480 e. The second-order valence-electron chi connectivity index (χ2n) is 3.48. The summed E-state index contributed by atoms with van der Waals surface area (Å²) >= 11 is 0. The van der Waals surface area contributed by atoms with E-state index in [-0.39, 0.29) is 17.9 Å². The zero-order chi connectivity index (χ0) is 13.6. The SMILES string of the molecule is COCCC(NS(=O)(=O)c1cccnc1)C(=O)O. The van der Waals surface area contributed by atoms with Crippen molar-refractivity contribution >= 4 is 16.0 Å². The Morgan fingerprint density at radius 2 is 2.33 bits per heavy atom. The lowest BCUT2D eigenvalue weighted by atomic mass is 10.2. The molecule has 7 nitrogen and oxygen atoms in total. The van der Waals surface area contributed by atoms with Crippen molar-refractivity contribution in [3.05, 3.63) is 24.5 Å². The lowest BCUT2D eigenvalue weighted by Gasteiger charge is -2.14. The number of aliphatic carboxylic acids is 1. The van der Waals surface area contributed by atoms with Gasteiger partial charge in [-0.3, -0.25) is 9.78 Å². The number of nitrogens with one attached hydrogen (secondary N) is 1. The zero-order valence-corrected chi connectivity index (χ0v) is 10.6. The predicted molar refractivity (Wildman–Crippen MR) is 62.5 cm³/mol. The van der Waals surface area contributed by atoms with E-state index in [1.165, 1.54) is 25.4 Å². The summed E-state index contributed by atoms with van der Waals surface area (Å²) in [6.07, 6.45) is 2.63. The van der Waals surface area contributed by atoms with Crippen LogP contribution in [0.5, 0.6) is 0 Å². The molecule has 0 spiro atoms. The first-order valence-electron chi connectivity index (χ1n) is 5.11. The number of rotatable bonds is 7. The number of hydrogen-bond acceptors (Lipinski definition) is 5. The Morgan fingerprint density at radius 1 is 1.61 bits per heavy atom. The number of hydrogen-bond donors (Lipinski definition) is 2. The molecule has 8 heteroatoms. The van der Waals surface area contributed by atoms with E-state index in [1.54, 1.807) is 0 Å². The molecule has 1 aromatic heterocycles. The Labute approximate surface area is 105 Å². The van der Waals surface area contributed by atoms with E-state index in [0.717, 1.165) is 6.20 Å². The van der Waals surface area contributed by atoms with Gasteiger partial charge >= 0.3 is 5.97 Å². The number of ether oxygens (including phenoxy) is 1. The van der Waals surface area contributed by atoms with Gasteiger partial charge in [-0.05, 0) is 18.6 Å². The van der Waals surface area contributed by atoms with Crippen LogP contribution in [0.3, 0.4) is 0 Å². The fourth-order valence-electron chi connectivity index (χ4n) is 1.23. The molecule has 18 heavy (non-hydrogen) atoms. The Hall–Kier alpha value is -1.51. The second-order valence-corrected chi connectivity index (χ2v) is 5.20. The number of sulfonamides is 1. The van der Waals surface area contributed by atoms with Crippen LogP contribution in [-0.4, -0.2) is 44.2 Å². The average molecular weight is 274 g/mol. The van der Waals surface area contributed by atoms with Crippen LogP contribution < -0.4 is 4.72 Å². The highest BCUT2D eigenvalue weighted by Gasteiger charge is 2.25. The molecule has 0 aromatic carbocycles. The Balaban J connectivity index is 2.83. The molecular formula is C10H14N2O5S. The van der Waals surface area contributed by atoms with E-state index in [9.17, 15) is 13.2 Å². The van der Waals surface area contributed by atoms with Crippen molar-refractivity contribution in [1.82, 2.24) is 9.71 Å². The van der Waals surface area contributed by atoms with Crippen LogP contribution in [0.1, 0.15) is 6.42 Å². The summed E-state index contributed by atoms with van der Waals surface area (Å²) in [6.45, 7) is 0.145. The molecule has 1 unspecified atom stereocenters. The Morgan fingerprint density at radius 3 is 2.83 bits per heavy atom. The summed E-state index contributed by atoms with van der Waals surface area (Å²) in [5, 5.41) is 8.91. The van der Waals surface area contributed by atoms with E-state index in [1.807, 2.05) is 0 Å². The minimum absolute atomic E-state index is 0.0469. The summed E-state index contributed by atoms with van der Waals surface area (Å²) in [7, 11) is -2.47. The maximum atomic E-state index is 11.9. The lowest BCUT2D eigenvalue weighted by molar-refractivity contribution is -0.139. The molecule has 2 N–H and O–H groups in total. The predicted octanol–water partition coefficient (Wildman–Crippen LogP) is -0.150. The molecule has 0 fully saturated rings. The number of methoxy groups -OCH3 is 1. The summed E-state index contributed by atoms with van der Waals surface area (Å²) in [5.41, 5.74) is 0. The van der Waals surface area contributed by atoms with Crippen molar-refractivity contribution < 1.29 is 23.1 Å². The minimum atomic E-state index is -3.88. The normalized spacial score (nSPS) is 13.2. The summed E-state index contributed by atoms with van der Waals surface area (Å²) in [5.74, 6) is -1.25. The quantitative estimate of drug-likeness (QED) is 0.716. The van der Waals surface area contributed by atoms with Gasteiger partial charge < -0.3 is 9.84 Å². The molecule has 0 saturated heterocycles. The highest BCUT2D eigenvalue weighted by atomic mass is 32.2. The number of aromatic nitrogens is 1. The third-order valence-corrected chi connectivity index (χ3v) is 3.61. The van der Waals surface area contributed by atoms with Gasteiger partial charge in [0.05, 0.1) is 0 Å². The number of carboxylic acids is 1. The molecule has 0 amide bonds. The van der Waals surface area contributed by atoms with Crippen molar-refractivity contribution in [2.75, 3.05) is 13.7 Å². The van der Waals surface area contributed by atoms with Crippen molar-refractivity contribution in [2.24, 2.45) is 0 Å². The Bertz CT molecular complexity index is 488. The van der Waals surface area contributed by atoms with Gasteiger partial charge in [0, 0.05) is 26.1 Å². The number of pyridine rings is 1. The maximum Gasteiger partial charge on any atom is 0.321 e. The van der Waals surface area contributed by atoms with Crippen molar-refractivity contribution in [2.45, 2.75) is 17.4 Å². The van der Waals surface area contributed by atoms with Crippen LogP contribution in [0.15, 0.2) is 29.4 Å². The molecule has 0 bridgehead atoms. The molecule has 100 valence electrons. The highest BCUT2D eigenvalue weighted by molar-refractivity contribution is 7.89. The van der Waals surface area contributed by atoms with Crippen LogP contribution in [0.25, 0.3) is 0 Å². The number of carboxylic acid groups (broad SMARTS) is 1. The molecule has 0 aliphatic rings. The largest absolute Gasteiger partial charge is 0.480 e. The van der Waals surface area contributed by atoms with Gasteiger partial charge in [-0.1, -0.05) is 0 Å². The van der Waals surface area contributed by atoms with Gasteiger partial charge in [-0.15, -0.1) is 0 Å². The average Bonchev–Trinajstić information content (AvgIpc) is 2.35. The van der Waals surface area contributed by atoms with Gasteiger partial charge in [0.15, 0.2) is 0 Å². The van der Waals surface area contributed by atoms with Gasteiger partial charge in [-0.2, -0.15) is 4.72 Å². The molecule has 0 saturated carbocycles. The van der Waals surface area contributed by atoms with Crippen LogP contribution >= 0.6 is 0 Å². The lowest BCUT2D eigenvalue weighted by Crippen LogP contribution is -2.41. The molecule has 1 aromatic rings. The van der Waals surface area contributed by atoms with Crippen LogP contribution in [0.4, 0.5) is 0 Å². The van der Waals surface area contributed by atoms with Gasteiger partial charge in [0.25, 0.3) is 0 Å². The summed E-state index contributed by atoms with van der Waals surface area (Å²) < 4.78 is 30.5. The topological polar surface area (TPSA) is 106 Å². The molecule has 1 atom stereocenters. The van der Waals surface area contributed by atoms with E-state index >= 15 is 0 Å². The first-order valence-corrected chi connectivity index (χ1v) is 6.60. The fraction of sp³-hybridized carbons (Fsp3) is 0.400. The summed E-state index contributed by atoms with van der Waals surface area (Å²) in [4.78, 5) is 14.5. The molecule has 1 rings (SSSR count). The van der Waals surface area contributed by atoms with Crippen LogP contribution in [0, 0.1) is 0 Å². The standard InChI is InChI=1S/C10H14N2O5S/c1-17-6-4-9(10(13)14)12-18(15,16)8-3-2-5-11-7-8/h2-3,5,7,9,12H,4,6H2,1H3,(H,13,14). The molecule has 0 aliphatic carbocycles. The van der Waals surface area contributed by atoms with Gasteiger partial charge in [0.1, 0.15) is 10.9 Å². The van der Waals surface area contributed by atoms with E-state index in [2.05, 4.69) is 9.71 Å². The smallest absolute Gasteiger partial charge is 0.321 e. The summed E-state index contributed by atoms with van der Waals surface area (Å²) in [6, 6.07) is 1.57. The van der Waals surface area contributed by atoms with E-state index in [4.69, 9.17) is 9.84 Å². The number of nitrogens with zero attached hydrogens (tertiary/aromatic N) is 1. The molecule has 0 aliphatic heterocycles. The van der Waals surface area contributed by atoms with Gasteiger partial charge in [0.2, 0.25) is 10.0 Å². The van der Waals surface area contributed by atoms with Crippen molar-refractivity contribution in [3.8, 4) is 0 Å². The monoisotopic (exact) mass is 274 g/mol. The number of carbonyl (C=O) groups is 1. The van der Waals surface area contributed by atoms with E-state index in [0.29, 0.717) is 0 Å². The van der Waals surface area contributed by atoms with Crippen molar-refractivity contribution in [1.29, 1.82) is 0 Å². The maximum absolute atomic E-state index is 11.9. The highest BCUT2D eigenvalue weighted by Crippen LogP contribution is 2.07. The van der Waals surface area contributed by atoms with Crippen LogP contribution in [-0.2, 0) is 19.6 Å². The first-order chi connectivity index (χ1) is 8.47. The molecule has 1 heterocycles. The van der Waals surface area contributed by atoms with Crippen LogP contribution in [0.2, 0.25) is 0 Å². The Kier molecular flexibility index (Phi) is 5.20. The molecule has 0 radical (unpaired) electrons. The third-order valence-electron chi connectivity index (χ3n) is 2.15. The molecular weight excluding hydrogens is 260 g/mol. The van der Waals surface area contributed by atoms with Gasteiger partial charge in [-0.25, -0.2) is 8.42 Å². The zero-order valence-electron chi connectivity index (χ0n) is 9.74. The first kappa shape index (κ1) is 14.6. The third kappa shape index (κ3) is 4.06.